The van der Waals surface area contributed by atoms with E-state index in [1.165, 1.54) is 19.2 Å². The van der Waals surface area contributed by atoms with Crippen LogP contribution in [0.25, 0.3) is 0 Å². The molecule has 0 aromatic heterocycles. The second kappa shape index (κ2) is 9.18. The highest BCUT2D eigenvalue weighted by Gasteiger charge is 2.22. The van der Waals surface area contributed by atoms with Crippen molar-refractivity contribution < 1.29 is 19.2 Å². The number of nitrogens with zero attached hydrogens (tertiary/aromatic N) is 2. The van der Waals surface area contributed by atoms with E-state index in [4.69, 9.17) is 4.74 Å². The normalized spacial score (nSPS) is 10.7. The molecule has 0 aliphatic heterocycles. The van der Waals surface area contributed by atoms with Crippen molar-refractivity contribution >= 4 is 23.2 Å². The molecular formula is C21H25N3O5. The lowest BCUT2D eigenvalue weighted by molar-refractivity contribution is -0.384. The molecule has 0 unspecified atom stereocenters. The summed E-state index contributed by atoms with van der Waals surface area (Å²) in [7, 11) is 1.38. The average Bonchev–Trinajstić information content (AvgIpc) is 2.66. The van der Waals surface area contributed by atoms with E-state index in [2.05, 4.69) is 5.32 Å². The number of amides is 2. The highest BCUT2D eigenvalue weighted by molar-refractivity contribution is 6.07. The summed E-state index contributed by atoms with van der Waals surface area (Å²) in [6.45, 7) is 7.77. The SMILES string of the molecule is COc1ccc([N+](=O)[O-])cc1C(=O)Nc1cccc(C(=O)N(C(C)C)C(C)C)c1. The van der Waals surface area contributed by atoms with Crippen LogP contribution in [0, 0.1) is 10.1 Å². The minimum Gasteiger partial charge on any atom is -0.496 e. The van der Waals surface area contributed by atoms with E-state index >= 15 is 0 Å². The quantitative estimate of drug-likeness (QED) is 0.557. The van der Waals surface area contributed by atoms with Crippen molar-refractivity contribution in [2.24, 2.45) is 0 Å². The van der Waals surface area contributed by atoms with Gasteiger partial charge in [0.1, 0.15) is 5.75 Å². The fourth-order valence-corrected chi connectivity index (χ4v) is 3.13. The summed E-state index contributed by atoms with van der Waals surface area (Å²) in [6.07, 6.45) is 0. The molecule has 0 aliphatic carbocycles. The molecule has 8 nitrogen and oxygen atoms in total. The highest BCUT2D eigenvalue weighted by atomic mass is 16.6. The number of nitrogens with one attached hydrogen (secondary N) is 1. The van der Waals surface area contributed by atoms with Gasteiger partial charge in [0.15, 0.2) is 0 Å². The molecule has 0 saturated carbocycles. The zero-order valence-corrected chi connectivity index (χ0v) is 17.1. The van der Waals surface area contributed by atoms with Crippen molar-refractivity contribution in [2.45, 2.75) is 39.8 Å². The number of benzene rings is 2. The molecule has 0 atom stereocenters. The Kier molecular flexibility index (Phi) is 6.93. The van der Waals surface area contributed by atoms with Gasteiger partial charge in [-0.1, -0.05) is 6.07 Å². The summed E-state index contributed by atoms with van der Waals surface area (Å²) in [5, 5.41) is 13.7. The number of hydrogen-bond donors (Lipinski definition) is 1. The van der Waals surface area contributed by atoms with Crippen LogP contribution >= 0.6 is 0 Å². The van der Waals surface area contributed by atoms with E-state index in [0.29, 0.717) is 11.3 Å². The molecule has 0 bridgehead atoms. The van der Waals surface area contributed by atoms with Crippen LogP contribution in [0.4, 0.5) is 11.4 Å². The Balaban J connectivity index is 2.31. The third-order valence-corrected chi connectivity index (χ3v) is 4.35. The summed E-state index contributed by atoms with van der Waals surface area (Å²) in [4.78, 5) is 37.8. The number of nitro benzene ring substituents is 1. The monoisotopic (exact) mass is 399 g/mol. The maximum absolute atomic E-state index is 12.9. The van der Waals surface area contributed by atoms with Gasteiger partial charge in [-0.2, -0.15) is 0 Å². The fraction of sp³-hybridized carbons (Fsp3) is 0.333. The number of nitro groups is 1. The van der Waals surface area contributed by atoms with Crippen LogP contribution in [0.1, 0.15) is 48.4 Å². The molecule has 2 aromatic carbocycles. The molecule has 8 heteroatoms. The van der Waals surface area contributed by atoms with Gasteiger partial charge in [0.05, 0.1) is 17.6 Å². The summed E-state index contributed by atoms with van der Waals surface area (Å²) < 4.78 is 5.14. The number of carbonyl (C=O) groups excluding carboxylic acids is 2. The molecule has 0 fully saturated rings. The van der Waals surface area contributed by atoms with Crippen LogP contribution in [0.3, 0.4) is 0 Å². The lowest BCUT2D eigenvalue weighted by Gasteiger charge is -2.31. The number of anilines is 1. The Morgan fingerprint density at radius 2 is 1.72 bits per heavy atom. The van der Waals surface area contributed by atoms with Gasteiger partial charge in [-0.25, -0.2) is 0 Å². The van der Waals surface area contributed by atoms with E-state index < -0.39 is 10.8 Å². The number of ether oxygens (including phenoxy) is 1. The zero-order chi connectivity index (χ0) is 21.7. The lowest BCUT2D eigenvalue weighted by Crippen LogP contribution is -2.42. The number of non-ortho nitro benzene ring substituents is 1. The van der Waals surface area contributed by atoms with Crippen molar-refractivity contribution in [1.29, 1.82) is 0 Å². The Hall–Kier alpha value is -3.42. The third-order valence-electron chi connectivity index (χ3n) is 4.35. The standard InChI is InChI=1S/C21H25N3O5/c1-13(2)23(14(3)4)21(26)15-7-6-8-16(11-15)22-20(25)18-12-17(24(27)28)9-10-19(18)29-5/h6-14H,1-5H3,(H,22,25). The molecular weight excluding hydrogens is 374 g/mol. The fourth-order valence-electron chi connectivity index (χ4n) is 3.13. The number of hydrogen-bond acceptors (Lipinski definition) is 5. The first-order valence-electron chi connectivity index (χ1n) is 9.22. The van der Waals surface area contributed by atoms with Crippen molar-refractivity contribution in [1.82, 2.24) is 4.90 Å². The van der Waals surface area contributed by atoms with Gasteiger partial charge in [0.2, 0.25) is 0 Å². The highest BCUT2D eigenvalue weighted by Crippen LogP contribution is 2.25. The molecule has 0 spiro atoms. The Morgan fingerprint density at radius 1 is 1.07 bits per heavy atom. The van der Waals surface area contributed by atoms with E-state index in [1.54, 1.807) is 29.2 Å². The summed E-state index contributed by atoms with van der Waals surface area (Å²) in [5.41, 5.74) is 0.659. The van der Waals surface area contributed by atoms with E-state index in [9.17, 15) is 19.7 Å². The number of rotatable bonds is 7. The predicted molar refractivity (Wildman–Crippen MR) is 110 cm³/mol. The summed E-state index contributed by atoms with van der Waals surface area (Å²) in [5.74, 6) is -0.495. The summed E-state index contributed by atoms with van der Waals surface area (Å²) in [6, 6.07) is 10.4. The first-order chi connectivity index (χ1) is 13.6. The van der Waals surface area contributed by atoms with E-state index in [-0.39, 0.29) is 35.0 Å². The van der Waals surface area contributed by atoms with Crippen molar-refractivity contribution in [3.8, 4) is 5.75 Å². The van der Waals surface area contributed by atoms with Crippen molar-refractivity contribution in [2.75, 3.05) is 12.4 Å². The van der Waals surface area contributed by atoms with Gasteiger partial charge in [-0.3, -0.25) is 19.7 Å². The second-order valence-electron chi connectivity index (χ2n) is 7.08. The molecule has 29 heavy (non-hydrogen) atoms. The Bertz CT molecular complexity index is 916. The van der Waals surface area contributed by atoms with Gasteiger partial charge in [0, 0.05) is 35.5 Å². The van der Waals surface area contributed by atoms with Crippen LogP contribution in [-0.2, 0) is 0 Å². The number of carbonyl (C=O) groups is 2. The maximum atomic E-state index is 12.9. The van der Waals surface area contributed by atoms with Crippen molar-refractivity contribution in [3.63, 3.8) is 0 Å². The van der Waals surface area contributed by atoms with E-state index in [1.807, 2.05) is 27.7 Å². The third kappa shape index (κ3) is 5.10. The largest absolute Gasteiger partial charge is 0.496 e. The molecule has 0 heterocycles. The minimum absolute atomic E-state index is 0.0230. The Morgan fingerprint density at radius 3 is 2.28 bits per heavy atom. The van der Waals surface area contributed by atoms with Crippen molar-refractivity contribution in [3.05, 3.63) is 63.7 Å². The Labute approximate surface area is 169 Å². The zero-order valence-electron chi connectivity index (χ0n) is 17.1. The van der Waals surface area contributed by atoms with Gasteiger partial charge >= 0.3 is 0 Å². The molecule has 1 N–H and O–H groups in total. The van der Waals surface area contributed by atoms with E-state index in [0.717, 1.165) is 6.07 Å². The summed E-state index contributed by atoms with van der Waals surface area (Å²) >= 11 is 0. The molecule has 2 rings (SSSR count). The van der Waals surface area contributed by atoms with Gasteiger partial charge in [-0.05, 0) is 52.0 Å². The lowest BCUT2D eigenvalue weighted by atomic mass is 10.1. The molecule has 2 amide bonds. The molecule has 2 aromatic rings. The molecule has 0 saturated heterocycles. The smallest absolute Gasteiger partial charge is 0.270 e. The van der Waals surface area contributed by atoms with Crippen LogP contribution < -0.4 is 10.1 Å². The van der Waals surface area contributed by atoms with Crippen LogP contribution in [0.2, 0.25) is 0 Å². The topological polar surface area (TPSA) is 102 Å². The minimum atomic E-state index is -0.581. The average molecular weight is 399 g/mol. The van der Waals surface area contributed by atoms with Gasteiger partial charge in [0.25, 0.3) is 17.5 Å². The molecule has 0 radical (unpaired) electrons. The first-order valence-corrected chi connectivity index (χ1v) is 9.22. The molecule has 0 aliphatic rings. The number of methoxy groups -OCH3 is 1. The van der Waals surface area contributed by atoms with Gasteiger partial charge < -0.3 is 15.0 Å². The van der Waals surface area contributed by atoms with Crippen LogP contribution in [0.5, 0.6) is 5.75 Å². The second-order valence-corrected chi connectivity index (χ2v) is 7.08. The van der Waals surface area contributed by atoms with Crippen LogP contribution in [0.15, 0.2) is 42.5 Å². The first kappa shape index (κ1) is 21.9. The predicted octanol–water partition coefficient (Wildman–Crippen LogP) is 4.11. The van der Waals surface area contributed by atoms with Gasteiger partial charge in [-0.15, -0.1) is 0 Å². The maximum Gasteiger partial charge on any atom is 0.270 e. The van der Waals surface area contributed by atoms with Crippen LogP contribution in [-0.4, -0.2) is 40.8 Å². The molecule has 154 valence electrons.